The van der Waals surface area contributed by atoms with Crippen molar-refractivity contribution in [3.63, 3.8) is 0 Å². The molecular formula is C12H10BrNO4. The van der Waals surface area contributed by atoms with E-state index >= 15 is 0 Å². The van der Waals surface area contributed by atoms with Crippen LogP contribution in [0.3, 0.4) is 0 Å². The van der Waals surface area contributed by atoms with Gasteiger partial charge in [0, 0.05) is 4.47 Å². The molecule has 18 heavy (non-hydrogen) atoms. The summed E-state index contributed by atoms with van der Waals surface area (Å²) < 4.78 is 11.5. The number of carbonyl (C=O) groups is 1. The highest BCUT2D eigenvalue weighted by molar-refractivity contribution is 9.10. The summed E-state index contributed by atoms with van der Waals surface area (Å²) in [6.45, 7) is 0.163. The number of ether oxygens (including phenoxy) is 1. The number of aromatic nitrogens is 1. The highest BCUT2D eigenvalue weighted by Gasteiger charge is 2.08. The van der Waals surface area contributed by atoms with Gasteiger partial charge < -0.3 is 14.3 Å². The van der Waals surface area contributed by atoms with Crippen LogP contribution in [0.5, 0.6) is 5.75 Å². The fourth-order valence-corrected chi connectivity index (χ4v) is 1.73. The molecule has 0 spiro atoms. The Labute approximate surface area is 112 Å². The zero-order chi connectivity index (χ0) is 13.0. The van der Waals surface area contributed by atoms with Crippen LogP contribution in [-0.4, -0.2) is 16.1 Å². The van der Waals surface area contributed by atoms with Gasteiger partial charge in [0.15, 0.2) is 6.61 Å². The maximum atomic E-state index is 10.5. The van der Waals surface area contributed by atoms with E-state index in [9.17, 15) is 4.79 Å². The average Bonchev–Trinajstić information content (AvgIpc) is 2.73. The van der Waals surface area contributed by atoms with Crippen LogP contribution >= 0.6 is 15.9 Å². The number of oxazole rings is 1. The van der Waals surface area contributed by atoms with E-state index in [0.29, 0.717) is 17.3 Å². The Balaban J connectivity index is 1.94. The number of carboxylic acid groups (broad SMARTS) is 1. The molecule has 1 aromatic heterocycles. The van der Waals surface area contributed by atoms with E-state index in [1.807, 2.05) is 24.3 Å². The van der Waals surface area contributed by atoms with Gasteiger partial charge >= 0.3 is 5.97 Å². The van der Waals surface area contributed by atoms with Gasteiger partial charge in [-0.3, -0.25) is 4.79 Å². The summed E-state index contributed by atoms with van der Waals surface area (Å²) in [4.78, 5) is 14.5. The fraction of sp³-hybridized carbons (Fsp3) is 0.167. The van der Waals surface area contributed by atoms with Crippen LogP contribution in [-0.2, 0) is 17.8 Å². The Morgan fingerprint density at radius 3 is 3.06 bits per heavy atom. The number of halogens is 1. The fourth-order valence-electron chi connectivity index (χ4n) is 1.35. The molecule has 6 heteroatoms. The molecule has 0 atom stereocenters. The second-order valence-corrected chi connectivity index (χ2v) is 4.46. The van der Waals surface area contributed by atoms with E-state index in [0.717, 1.165) is 4.47 Å². The van der Waals surface area contributed by atoms with Crippen LogP contribution in [0.4, 0.5) is 0 Å². The first-order valence-electron chi connectivity index (χ1n) is 5.17. The number of carboxylic acids is 1. The maximum Gasteiger partial charge on any atom is 0.309 e. The molecule has 2 aromatic rings. The van der Waals surface area contributed by atoms with E-state index in [-0.39, 0.29) is 13.0 Å². The van der Waals surface area contributed by atoms with E-state index in [1.54, 1.807) is 0 Å². The topological polar surface area (TPSA) is 72.6 Å². The van der Waals surface area contributed by atoms with E-state index < -0.39 is 5.97 Å². The molecule has 0 bridgehead atoms. The first-order chi connectivity index (χ1) is 8.63. The Hall–Kier alpha value is -1.82. The molecule has 0 unspecified atom stereocenters. The molecule has 0 aliphatic carbocycles. The summed E-state index contributed by atoms with van der Waals surface area (Å²) >= 11 is 3.34. The van der Waals surface area contributed by atoms with Crippen molar-refractivity contribution in [3.05, 3.63) is 46.6 Å². The summed E-state index contributed by atoms with van der Waals surface area (Å²) in [5, 5.41) is 8.60. The van der Waals surface area contributed by atoms with E-state index in [2.05, 4.69) is 20.9 Å². The summed E-state index contributed by atoms with van der Waals surface area (Å²) in [6, 6.07) is 7.38. The van der Waals surface area contributed by atoms with Crippen LogP contribution in [0.1, 0.15) is 11.6 Å². The molecule has 5 nitrogen and oxygen atoms in total. The standard InChI is InChI=1S/C12H10BrNO4/c13-8-2-1-3-10(4-8)17-7-11-14-9(6-18-11)5-12(15)16/h1-4,6H,5,7H2,(H,15,16). The molecule has 0 saturated carbocycles. The lowest BCUT2D eigenvalue weighted by atomic mass is 10.3. The molecular weight excluding hydrogens is 302 g/mol. The van der Waals surface area contributed by atoms with Crippen molar-refractivity contribution in [1.82, 2.24) is 4.98 Å². The third-order valence-corrected chi connectivity index (χ3v) is 2.58. The Kier molecular flexibility index (Phi) is 3.99. The van der Waals surface area contributed by atoms with Crippen LogP contribution < -0.4 is 4.74 Å². The lowest BCUT2D eigenvalue weighted by Crippen LogP contribution is -2.01. The van der Waals surface area contributed by atoms with E-state index in [1.165, 1.54) is 6.26 Å². The number of hydrogen-bond donors (Lipinski definition) is 1. The number of benzene rings is 1. The normalized spacial score (nSPS) is 10.3. The van der Waals surface area contributed by atoms with Gasteiger partial charge in [-0.25, -0.2) is 4.98 Å². The summed E-state index contributed by atoms with van der Waals surface area (Å²) in [7, 11) is 0. The van der Waals surface area contributed by atoms with Crippen molar-refractivity contribution in [2.24, 2.45) is 0 Å². The van der Waals surface area contributed by atoms with Gasteiger partial charge in [-0.15, -0.1) is 0 Å². The predicted octanol–water partition coefficient (Wildman–Crippen LogP) is 2.64. The molecule has 0 saturated heterocycles. The van der Waals surface area contributed by atoms with Crippen molar-refractivity contribution in [2.45, 2.75) is 13.0 Å². The van der Waals surface area contributed by atoms with Crippen LogP contribution in [0, 0.1) is 0 Å². The van der Waals surface area contributed by atoms with Crippen molar-refractivity contribution in [2.75, 3.05) is 0 Å². The molecule has 0 fully saturated rings. The SMILES string of the molecule is O=C(O)Cc1coc(COc2cccc(Br)c2)n1. The molecule has 0 aliphatic heterocycles. The van der Waals surface area contributed by atoms with Gasteiger partial charge in [0.05, 0.1) is 12.1 Å². The third-order valence-electron chi connectivity index (χ3n) is 2.09. The van der Waals surface area contributed by atoms with Crippen molar-refractivity contribution < 1.29 is 19.1 Å². The largest absolute Gasteiger partial charge is 0.484 e. The van der Waals surface area contributed by atoms with Gasteiger partial charge in [-0.05, 0) is 18.2 Å². The van der Waals surface area contributed by atoms with Gasteiger partial charge in [0.2, 0.25) is 5.89 Å². The lowest BCUT2D eigenvalue weighted by molar-refractivity contribution is -0.136. The van der Waals surface area contributed by atoms with Crippen LogP contribution in [0.2, 0.25) is 0 Å². The summed E-state index contributed by atoms with van der Waals surface area (Å²) in [6.07, 6.45) is 1.17. The monoisotopic (exact) mass is 311 g/mol. The Morgan fingerprint density at radius 1 is 1.50 bits per heavy atom. The Bertz CT molecular complexity index is 553. The van der Waals surface area contributed by atoms with Crippen molar-refractivity contribution in [1.29, 1.82) is 0 Å². The first-order valence-corrected chi connectivity index (χ1v) is 5.96. The molecule has 94 valence electrons. The Morgan fingerprint density at radius 2 is 2.33 bits per heavy atom. The molecule has 0 amide bonds. The number of hydrogen-bond acceptors (Lipinski definition) is 4. The van der Waals surface area contributed by atoms with E-state index in [4.69, 9.17) is 14.3 Å². The number of nitrogens with zero attached hydrogens (tertiary/aromatic N) is 1. The second kappa shape index (κ2) is 5.68. The van der Waals surface area contributed by atoms with Crippen molar-refractivity contribution >= 4 is 21.9 Å². The highest BCUT2D eigenvalue weighted by atomic mass is 79.9. The molecule has 2 rings (SSSR count). The quantitative estimate of drug-likeness (QED) is 0.919. The van der Waals surface area contributed by atoms with Crippen LogP contribution in [0.25, 0.3) is 0 Å². The maximum absolute atomic E-state index is 10.5. The second-order valence-electron chi connectivity index (χ2n) is 3.55. The van der Waals surface area contributed by atoms with Gasteiger partial charge in [-0.2, -0.15) is 0 Å². The zero-order valence-electron chi connectivity index (χ0n) is 9.30. The molecule has 0 aliphatic rings. The minimum absolute atomic E-state index is 0.152. The average molecular weight is 312 g/mol. The minimum atomic E-state index is -0.942. The van der Waals surface area contributed by atoms with Crippen molar-refractivity contribution in [3.8, 4) is 5.75 Å². The third kappa shape index (κ3) is 3.59. The zero-order valence-corrected chi connectivity index (χ0v) is 10.9. The smallest absolute Gasteiger partial charge is 0.309 e. The number of aliphatic carboxylic acids is 1. The lowest BCUT2D eigenvalue weighted by Gasteiger charge is -2.03. The molecule has 1 heterocycles. The number of rotatable bonds is 5. The molecule has 0 radical (unpaired) electrons. The summed E-state index contributed by atoms with van der Waals surface area (Å²) in [5.41, 5.74) is 0.385. The highest BCUT2D eigenvalue weighted by Crippen LogP contribution is 2.18. The van der Waals surface area contributed by atoms with Crippen LogP contribution in [0.15, 0.2) is 39.4 Å². The van der Waals surface area contributed by atoms with Gasteiger partial charge in [0.25, 0.3) is 0 Å². The van der Waals surface area contributed by atoms with Gasteiger partial charge in [0.1, 0.15) is 12.0 Å². The minimum Gasteiger partial charge on any atom is -0.484 e. The molecule has 1 aromatic carbocycles. The summed E-state index contributed by atoms with van der Waals surface area (Å²) in [5.74, 6) is 0.0938. The van der Waals surface area contributed by atoms with Gasteiger partial charge in [-0.1, -0.05) is 22.0 Å². The predicted molar refractivity (Wildman–Crippen MR) is 66.3 cm³/mol. The molecule has 1 N–H and O–H groups in total. The first kappa shape index (κ1) is 12.6.